The molecule has 3 nitrogen and oxygen atoms in total. The van der Waals surface area contributed by atoms with E-state index in [0.717, 1.165) is 0 Å². The highest BCUT2D eigenvalue weighted by Gasteiger charge is 2.16. The van der Waals surface area contributed by atoms with Crippen LogP contribution in [0.3, 0.4) is 0 Å². The zero-order chi connectivity index (χ0) is 14.9. The van der Waals surface area contributed by atoms with Crippen molar-refractivity contribution in [1.29, 1.82) is 0 Å². The molecule has 1 aromatic heterocycles. The van der Waals surface area contributed by atoms with Crippen LogP contribution in [0.4, 0.5) is 10.1 Å². The molecule has 2 aromatic rings. The quantitative estimate of drug-likeness (QED) is 0.760. The normalized spacial score (nSPS) is 10.4. The first kappa shape index (κ1) is 15.2. The smallest absolute Gasteiger partial charge is 0.258 e. The summed E-state index contributed by atoms with van der Waals surface area (Å²) in [5.74, 6) is -1.24. The monoisotopic (exact) mass is 376 g/mol. The van der Waals surface area contributed by atoms with Crippen molar-refractivity contribution in [3.8, 4) is 0 Å². The van der Waals surface area contributed by atoms with Crippen molar-refractivity contribution in [3.05, 3.63) is 56.0 Å². The summed E-state index contributed by atoms with van der Waals surface area (Å²) < 4.78 is 14.2. The van der Waals surface area contributed by atoms with E-state index < -0.39 is 11.7 Å². The predicted molar refractivity (Wildman–Crippen MR) is 81.0 cm³/mol. The Labute approximate surface area is 133 Å². The number of anilines is 1. The van der Waals surface area contributed by atoms with E-state index in [9.17, 15) is 9.18 Å². The number of nitrogens with one attached hydrogen (secondary N) is 1. The summed E-state index contributed by atoms with van der Waals surface area (Å²) in [6, 6.07) is 5.65. The van der Waals surface area contributed by atoms with Crippen LogP contribution >= 0.6 is 39.1 Å². The topological polar surface area (TPSA) is 42.0 Å². The fourth-order valence-electron chi connectivity index (χ4n) is 1.60. The molecule has 2 rings (SSSR count). The molecule has 0 unspecified atom stereocenters. The SMILES string of the molecule is Cc1cc(Cl)nc(Cl)c1NC(=O)c1cc(Br)ccc1F. The number of hydrogen-bond acceptors (Lipinski definition) is 2. The van der Waals surface area contributed by atoms with Gasteiger partial charge < -0.3 is 5.32 Å². The van der Waals surface area contributed by atoms with Crippen LogP contribution in [0, 0.1) is 12.7 Å². The van der Waals surface area contributed by atoms with Crippen molar-refractivity contribution in [2.24, 2.45) is 0 Å². The van der Waals surface area contributed by atoms with E-state index in [0.29, 0.717) is 15.7 Å². The lowest BCUT2D eigenvalue weighted by Crippen LogP contribution is -2.15. The van der Waals surface area contributed by atoms with Crippen molar-refractivity contribution in [3.63, 3.8) is 0 Å². The summed E-state index contributed by atoms with van der Waals surface area (Å²) in [6.07, 6.45) is 0. The highest BCUT2D eigenvalue weighted by Crippen LogP contribution is 2.27. The Hall–Kier alpha value is -1.17. The maximum absolute atomic E-state index is 13.6. The molecule has 0 atom stereocenters. The lowest BCUT2D eigenvalue weighted by atomic mass is 10.2. The molecule has 20 heavy (non-hydrogen) atoms. The standard InChI is InChI=1S/C13H8BrCl2FN2O/c1-6-4-10(15)18-12(16)11(6)19-13(20)8-5-7(14)2-3-9(8)17/h2-5H,1H3,(H,19,20). The van der Waals surface area contributed by atoms with E-state index in [1.54, 1.807) is 13.0 Å². The second-order valence-corrected chi connectivity index (χ2v) is 5.67. The number of amides is 1. The van der Waals surface area contributed by atoms with Gasteiger partial charge in [-0.3, -0.25) is 4.79 Å². The largest absolute Gasteiger partial charge is 0.319 e. The number of halogens is 4. The van der Waals surface area contributed by atoms with E-state index >= 15 is 0 Å². The predicted octanol–water partition coefficient (Wildman–Crippen LogP) is 4.85. The van der Waals surface area contributed by atoms with Gasteiger partial charge in [0, 0.05) is 4.47 Å². The van der Waals surface area contributed by atoms with Crippen molar-refractivity contribution >= 4 is 50.7 Å². The summed E-state index contributed by atoms with van der Waals surface area (Å²) in [5, 5.41) is 2.81. The zero-order valence-corrected chi connectivity index (χ0v) is 13.3. The Kier molecular flexibility index (Phi) is 4.62. The number of pyridine rings is 1. The maximum atomic E-state index is 13.6. The fourth-order valence-corrected chi connectivity index (χ4v) is 2.54. The van der Waals surface area contributed by atoms with Crippen LogP contribution in [0.1, 0.15) is 15.9 Å². The molecule has 0 spiro atoms. The number of aromatic nitrogens is 1. The molecule has 7 heteroatoms. The van der Waals surface area contributed by atoms with E-state index in [-0.39, 0.29) is 15.9 Å². The van der Waals surface area contributed by atoms with Crippen LogP contribution in [-0.2, 0) is 0 Å². The van der Waals surface area contributed by atoms with Crippen LogP contribution in [0.25, 0.3) is 0 Å². The third kappa shape index (κ3) is 3.29. The van der Waals surface area contributed by atoms with Gasteiger partial charge in [0.05, 0.1) is 11.3 Å². The second kappa shape index (κ2) is 6.08. The molecule has 1 heterocycles. The highest BCUT2D eigenvalue weighted by atomic mass is 79.9. The van der Waals surface area contributed by atoms with E-state index in [1.165, 1.54) is 18.2 Å². The minimum Gasteiger partial charge on any atom is -0.319 e. The van der Waals surface area contributed by atoms with Crippen molar-refractivity contribution in [2.75, 3.05) is 5.32 Å². The van der Waals surface area contributed by atoms with Crippen LogP contribution < -0.4 is 5.32 Å². The van der Waals surface area contributed by atoms with E-state index in [1.807, 2.05) is 0 Å². The van der Waals surface area contributed by atoms with Gasteiger partial charge in [-0.2, -0.15) is 0 Å². The maximum Gasteiger partial charge on any atom is 0.258 e. The van der Waals surface area contributed by atoms with Crippen molar-refractivity contribution < 1.29 is 9.18 Å². The number of benzene rings is 1. The van der Waals surface area contributed by atoms with Crippen LogP contribution in [0.5, 0.6) is 0 Å². The number of hydrogen-bond donors (Lipinski definition) is 1. The van der Waals surface area contributed by atoms with Gasteiger partial charge in [0.25, 0.3) is 5.91 Å². The molecular weight excluding hydrogens is 370 g/mol. The van der Waals surface area contributed by atoms with Crippen LogP contribution in [0.15, 0.2) is 28.7 Å². The molecule has 0 bridgehead atoms. The van der Waals surface area contributed by atoms with Gasteiger partial charge in [0.2, 0.25) is 0 Å². The van der Waals surface area contributed by atoms with Gasteiger partial charge >= 0.3 is 0 Å². The lowest BCUT2D eigenvalue weighted by Gasteiger charge is -2.11. The molecular formula is C13H8BrCl2FN2O. The van der Waals surface area contributed by atoms with Gasteiger partial charge in [-0.25, -0.2) is 9.37 Å². The summed E-state index contributed by atoms with van der Waals surface area (Å²) in [7, 11) is 0. The van der Waals surface area contributed by atoms with E-state index in [2.05, 4.69) is 26.2 Å². The molecule has 1 amide bonds. The third-order valence-corrected chi connectivity index (χ3v) is 3.51. The number of carbonyl (C=O) groups excluding carboxylic acids is 1. The third-order valence-electron chi connectivity index (χ3n) is 2.55. The summed E-state index contributed by atoms with van der Waals surface area (Å²) in [4.78, 5) is 15.9. The molecule has 0 fully saturated rings. The average Bonchev–Trinajstić information content (AvgIpc) is 2.36. The molecule has 104 valence electrons. The van der Waals surface area contributed by atoms with Crippen LogP contribution in [0.2, 0.25) is 10.3 Å². The van der Waals surface area contributed by atoms with Crippen molar-refractivity contribution in [2.45, 2.75) is 6.92 Å². The Bertz CT molecular complexity index is 671. The molecule has 1 N–H and O–H groups in total. The summed E-state index contributed by atoms with van der Waals surface area (Å²) in [5.41, 5.74) is 0.851. The van der Waals surface area contributed by atoms with Crippen molar-refractivity contribution in [1.82, 2.24) is 4.98 Å². The van der Waals surface area contributed by atoms with Crippen LogP contribution in [-0.4, -0.2) is 10.9 Å². The number of carbonyl (C=O) groups is 1. The molecule has 0 aliphatic carbocycles. The van der Waals surface area contributed by atoms with Gasteiger partial charge in [-0.15, -0.1) is 0 Å². The average molecular weight is 378 g/mol. The zero-order valence-electron chi connectivity index (χ0n) is 10.2. The Balaban J connectivity index is 2.35. The molecule has 0 radical (unpaired) electrons. The van der Waals surface area contributed by atoms with Gasteiger partial charge in [0.1, 0.15) is 11.0 Å². The lowest BCUT2D eigenvalue weighted by molar-refractivity contribution is 0.102. The minimum absolute atomic E-state index is 0.0544. The first-order valence-corrected chi connectivity index (χ1v) is 7.02. The second-order valence-electron chi connectivity index (χ2n) is 4.01. The Morgan fingerprint density at radius 3 is 2.70 bits per heavy atom. The first-order chi connectivity index (χ1) is 9.38. The molecule has 0 saturated carbocycles. The highest BCUT2D eigenvalue weighted by molar-refractivity contribution is 9.10. The molecule has 0 aliphatic rings. The number of aryl methyl sites for hydroxylation is 1. The van der Waals surface area contributed by atoms with Gasteiger partial charge in [-0.05, 0) is 36.8 Å². The number of nitrogens with zero attached hydrogens (tertiary/aromatic N) is 1. The van der Waals surface area contributed by atoms with E-state index in [4.69, 9.17) is 23.2 Å². The molecule has 1 aromatic carbocycles. The minimum atomic E-state index is -0.624. The van der Waals surface area contributed by atoms with Gasteiger partial charge in [0.15, 0.2) is 5.15 Å². The Morgan fingerprint density at radius 2 is 2.05 bits per heavy atom. The first-order valence-electron chi connectivity index (χ1n) is 5.47. The molecule has 0 saturated heterocycles. The number of rotatable bonds is 2. The Morgan fingerprint density at radius 1 is 1.35 bits per heavy atom. The van der Waals surface area contributed by atoms with Gasteiger partial charge in [-0.1, -0.05) is 39.1 Å². The fraction of sp³-hybridized carbons (Fsp3) is 0.0769. The molecule has 0 aliphatic heterocycles. The summed E-state index contributed by atoms with van der Waals surface area (Å²) in [6.45, 7) is 1.71. The summed E-state index contributed by atoms with van der Waals surface area (Å²) >= 11 is 14.9.